The van der Waals surface area contributed by atoms with E-state index in [0.717, 1.165) is 32.7 Å². The molecule has 0 aromatic carbocycles. The largest absolute Gasteiger partial charge is 0.476 e. The van der Waals surface area contributed by atoms with Crippen LogP contribution >= 0.6 is 0 Å². The van der Waals surface area contributed by atoms with Gasteiger partial charge >= 0.3 is 5.97 Å². The molecule has 7 nitrogen and oxygen atoms in total. The van der Waals surface area contributed by atoms with Gasteiger partial charge in [0.25, 0.3) is 0 Å². The fourth-order valence-corrected chi connectivity index (χ4v) is 1.89. The number of rotatable bonds is 8. The van der Waals surface area contributed by atoms with Gasteiger partial charge in [0, 0.05) is 25.7 Å². The summed E-state index contributed by atoms with van der Waals surface area (Å²) in [6.45, 7) is 3.81. The third kappa shape index (κ3) is 4.75. The number of ether oxygens (including phenoxy) is 2. The minimum absolute atomic E-state index is 0.0577. The molecular formula is C13H19N3O4. The first kappa shape index (κ1) is 14.7. The van der Waals surface area contributed by atoms with Crippen LogP contribution in [0.2, 0.25) is 0 Å². The fourth-order valence-electron chi connectivity index (χ4n) is 1.89. The van der Waals surface area contributed by atoms with E-state index >= 15 is 0 Å². The molecule has 7 heteroatoms. The lowest BCUT2D eigenvalue weighted by Crippen LogP contribution is -2.12. The molecule has 0 aliphatic carbocycles. The fraction of sp³-hybridized carbons (Fsp3) is 0.615. The molecule has 2 rings (SSSR count). The van der Waals surface area contributed by atoms with Crippen molar-refractivity contribution in [1.29, 1.82) is 0 Å². The van der Waals surface area contributed by atoms with Crippen molar-refractivity contribution in [2.75, 3.05) is 38.3 Å². The topological polar surface area (TPSA) is 93.6 Å². The molecule has 20 heavy (non-hydrogen) atoms. The van der Waals surface area contributed by atoms with Gasteiger partial charge in [-0.2, -0.15) is 0 Å². The van der Waals surface area contributed by atoms with Crippen LogP contribution in [0.5, 0.6) is 0 Å². The van der Waals surface area contributed by atoms with Crippen molar-refractivity contribution in [3.05, 3.63) is 18.1 Å². The van der Waals surface area contributed by atoms with Gasteiger partial charge in [-0.25, -0.2) is 14.8 Å². The Labute approximate surface area is 117 Å². The molecule has 1 atom stereocenters. The zero-order valence-electron chi connectivity index (χ0n) is 11.2. The number of aromatic nitrogens is 2. The molecule has 0 bridgehead atoms. The Bertz CT molecular complexity index is 418. The predicted molar refractivity (Wildman–Crippen MR) is 71.8 cm³/mol. The number of nitrogens with zero attached hydrogens (tertiary/aromatic N) is 2. The molecule has 1 aliphatic rings. The lowest BCUT2D eigenvalue weighted by atomic mass is 10.1. The van der Waals surface area contributed by atoms with E-state index in [-0.39, 0.29) is 5.69 Å². The van der Waals surface area contributed by atoms with Gasteiger partial charge in [-0.15, -0.1) is 0 Å². The Morgan fingerprint density at radius 2 is 2.40 bits per heavy atom. The number of hydrogen-bond acceptors (Lipinski definition) is 6. The number of carboxylic acids is 1. The summed E-state index contributed by atoms with van der Waals surface area (Å²) < 4.78 is 10.8. The molecule has 1 aromatic heterocycles. The van der Waals surface area contributed by atoms with Gasteiger partial charge in [0.15, 0.2) is 5.69 Å². The molecule has 1 unspecified atom stereocenters. The molecule has 2 N–H and O–H groups in total. The van der Waals surface area contributed by atoms with Crippen LogP contribution in [0.1, 0.15) is 23.3 Å². The predicted octanol–water partition coefficient (Wildman–Crippen LogP) is 1.03. The van der Waals surface area contributed by atoms with E-state index in [1.54, 1.807) is 0 Å². The SMILES string of the molecule is O=C(O)c1cnc(NCCCOCC2CCOC2)cn1. The van der Waals surface area contributed by atoms with Crippen molar-refractivity contribution in [2.24, 2.45) is 5.92 Å². The molecule has 0 saturated carbocycles. The van der Waals surface area contributed by atoms with Gasteiger partial charge in [0.05, 0.1) is 25.6 Å². The zero-order valence-corrected chi connectivity index (χ0v) is 11.2. The van der Waals surface area contributed by atoms with Gasteiger partial charge in [0.2, 0.25) is 0 Å². The van der Waals surface area contributed by atoms with E-state index in [4.69, 9.17) is 14.6 Å². The minimum atomic E-state index is -1.08. The first-order valence-electron chi connectivity index (χ1n) is 6.70. The van der Waals surface area contributed by atoms with Crippen molar-refractivity contribution in [1.82, 2.24) is 9.97 Å². The van der Waals surface area contributed by atoms with Gasteiger partial charge in [-0.3, -0.25) is 0 Å². The molecule has 110 valence electrons. The first-order valence-corrected chi connectivity index (χ1v) is 6.70. The van der Waals surface area contributed by atoms with Gasteiger partial charge < -0.3 is 19.9 Å². The molecule has 0 amide bonds. The molecule has 0 radical (unpaired) electrons. The van der Waals surface area contributed by atoms with E-state index in [1.807, 2.05) is 0 Å². The molecular weight excluding hydrogens is 262 g/mol. The molecule has 1 saturated heterocycles. The van der Waals surface area contributed by atoms with Crippen LogP contribution in [0.25, 0.3) is 0 Å². The number of carbonyl (C=O) groups is 1. The third-order valence-corrected chi connectivity index (χ3v) is 3.02. The normalized spacial score (nSPS) is 18.1. The Hall–Kier alpha value is -1.73. The Morgan fingerprint density at radius 3 is 3.05 bits per heavy atom. The standard InChI is InChI=1S/C13H19N3O4/c17-13(18)11-6-16-12(7-15-11)14-3-1-4-19-8-10-2-5-20-9-10/h6-7,10H,1-5,8-9H2,(H,14,16)(H,17,18). The average molecular weight is 281 g/mol. The van der Waals surface area contributed by atoms with Crippen molar-refractivity contribution in [3.63, 3.8) is 0 Å². The average Bonchev–Trinajstić information content (AvgIpc) is 2.96. The Kier molecular flexibility index (Phi) is 5.69. The number of anilines is 1. The van der Waals surface area contributed by atoms with E-state index in [0.29, 0.717) is 24.9 Å². The molecule has 1 aromatic rings. The van der Waals surface area contributed by atoms with E-state index in [9.17, 15) is 4.79 Å². The second-order valence-electron chi connectivity index (χ2n) is 4.68. The monoisotopic (exact) mass is 281 g/mol. The lowest BCUT2D eigenvalue weighted by molar-refractivity contribution is 0.0690. The maximum absolute atomic E-state index is 10.6. The van der Waals surface area contributed by atoms with Crippen LogP contribution in [0.3, 0.4) is 0 Å². The maximum Gasteiger partial charge on any atom is 0.356 e. The third-order valence-electron chi connectivity index (χ3n) is 3.02. The second-order valence-corrected chi connectivity index (χ2v) is 4.68. The number of carboxylic acid groups (broad SMARTS) is 1. The summed E-state index contributed by atoms with van der Waals surface area (Å²) in [4.78, 5) is 18.3. The Morgan fingerprint density at radius 1 is 1.50 bits per heavy atom. The van der Waals surface area contributed by atoms with Crippen molar-refractivity contribution >= 4 is 11.8 Å². The van der Waals surface area contributed by atoms with Gasteiger partial charge in [-0.1, -0.05) is 0 Å². The van der Waals surface area contributed by atoms with Crippen LogP contribution in [0.4, 0.5) is 5.82 Å². The van der Waals surface area contributed by atoms with Crippen molar-refractivity contribution in [2.45, 2.75) is 12.8 Å². The summed E-state index contributed by atoms with van der Waals surface area (Å²) in [5.41, 5.74) is -0.0577. The summed E-state index contributed by atoms with van der Waals surface area (Å²) in [7, 11) is 0. The molecule has 2 heterocycles. The molecule has 0 spiro atoms. The maximum atomic E-state index is 10.6. The van der Waals surface area contributed by atoms with Crippen LogP contribution in [0.15, 0.2) is 12.4 Å². The highest BCUT2D eigenvalue weighted by Crippen LogP contribution is 2.12. The van der Waals surface area contributed by atoms with Crippen LogP contribution < -0.4 is 5.32 Å². The number of nitrogens with one attached hydrogen (secondary N) is 1. The summed E-state index contributed by atoms with van der Waals surface area (Å²) in [5.74, 6) is 0.0323. The molecule has 1 fully saturated rings. The van der Waals surface area contributed by atoms with Gasteiger partial charge in [-0.05, 0) is 12.8 Å². The highest BCUT2D eigenvalue weighted by molar-refractivity contribution is 5.84. The second kappa shape index (κ2) is 7.76. The lowest BCUT2D eigenvalue weighted by Gasteiger charge is -2.09. The van der Waals surface area contributed by atoms with E-state index < -0.39 is 5.97 Å². The number of aromatic carboxylic acids is 1. The first-order chi connectivity index (χ1) is 9.75. The van der Waals surface area contributed by atoms with Crippen LogP contribution in [-0.2, 0) is 9.47 Å². The quantitative estimate of drug-likeness (QED) is 0.687. The number of hydrogen-bond donors (Lipinski definition) is 2. The molecule has 1 aliphatic heterocycles. The zero-order chi connectivity index (χ0) is 14.2. The summed E-state index contributed by atoms with van der Waals surface area (Å²) >= 11 is 0. The Balaban J connectivity index is 1.55. The highest BCUT2D eigenvalue weighted by atomic mass is 16.5. The summed E-state index contributed by atoms with van der Waals surface area (Å²) in [6, 6.07) is 0. The van der Waals surface area contributed by atoms with E-state index in [2.05, 4.69) is 15.3 Å². The van der Waals surface area contributed by atoms with Crippen molar-refractivity contribution in [3.8, 4) is 0 Å². The minimum Gasteiger partial charge on any atom is -0.476 e. The van der Waals surface area contributed by atoms with Gasteiger partial charge in [0.1, 0.15) is 5.82 Å². The van der Waals surface area contributed by atoms with Crippen LogP contribution in [0, 0.1) is 5.92 Å². The summed E-state index contributed by atoms with van der Waals surface area (Å²) in [5, 5.41) is 11.8. The smallest absolute Gasteiger partial charge is 0.356 e. The van der Waals surface area contributed by atoms with E-state index in [1.165, 1.54) is 12.4 Å². The summed E-state index contributed by atoms with van der Waals surface area (Å²) in [6.07, 6.45) is 4.60. The van der Waals surface area contributed by atoms with Crippen LogP contribution in [-0.4, -0.2) is 54.0 Å². The highest BCUT2D eigenvalue weighted by Gasteiger charge is 2.15. The van der Waals surface area contributed by atoms with Crippen molar-refractivity contribution < 1.29 is 19.4 Å².